The molecule has 1 aromatic carbocycles. The van der Waals surface area contributed by atoms with Crippen molar-refractivity contribution in [2.75, 3.05) is 7.11 Å². The minimum atomic E-state index is 0.193. The maximum Gasteiger partial charge on any atom is 0.242 e. The van der Waals surface area contributed by atoms with Crippen molar-refractivity contribution >= 4 is 11.9 Å². The molecule has 0 atom stereocenters. The zero-order chi connectivity index (χ0) is 12.3. The monoisotopic (exact) mass is 230 g/mol. The van der Waals surface area contributed by atoms with Crippen LogP contribution >= 0.6 is 0 Å². The normalized spacial score (nSPS) is 9.76. The number of rotatable bonds is 3. The minimum Gasteiger partial charge on any atom is -0.496 e. The molecule has 2 rings (SSSR count). The van der Waals surface area contributed by atoms with Gasteiger partial charge in [0.1, 0.15) is 5.75 Å². The van der Waals surface area contributed by atoms with Gasteiger partial charge in [-0.3, -0.25) is 0 Å². The highest BCUT2D eigenvalue weighted by Crippen LogP contribution is 2.32. The highest BCUT2D eigenvalue weighted by Gasteiger charge is 2.11. The highest BCUT2D eigenvalue weighted by atomic mass is 16.5. The first-order valence-corrected chi connectivity index (χ1v) is 4.94. The first-order valence-electron chi connectivity index (χ1n) is 4.94. The molecule has 0 aliphatic heterocycles. The third kappa shape index (κ3) is 2.24. The second kappa shape index (κ2) is 4.63. The van der Waals surface area contributed by atoms with Crippen LogP contribution in [-0.2, 0) is 4.79 Å². The van der Waals surface area contributed by atoms with Crippen molar-refractivity contribution < 1.29 is 14.1 Å². The van der Waals surface area contributed by atoms with Crippen LogP contribution in [0, 0.1) is 6.92 Å². The SMILES string of the molecule is COc1ccc(C)cc1-c1cc(N=C=O)no1. The number of carbonyl (C=O) groups excluding carboxylic acids is 1. The summed E-state index contributed by atoms with van der Waals surface area (Å²) < 4.78 is 10.3. The topological polar surface area (TPSA) is 64.7 Å². The molecule has 0 aliphatic carbocycles. The molecule has 0 amide bonds. The number of aryl methyl sites for hydroxylation is 1. The lowest BCUT2D eigenvalue weighted by Crippen LogP contribution is -1.87. The van der Waals surface area contributed by atoms with Crippen LogP contribution in [0.15, 0.2) is 33.8 Å². The summed E-state index contributed by atoms with van der Waals surface area (Å²) in [5, 5.41) is 3.63. The number of ether oxygens (including phenoxy) is 1. The van der Waals surface area contributed by atoms with Gasteiger partial charge in [0.2, 0.25) is 11.9 Å². The van der Waals surface area contributed by atoms with Crippen LogP contribution in [0.2, 0.25) is 0 Å². The Labute approximate surface area is 97.7 Å². The van der Waals surface area contributed by atoms with E-state index in [1.54, 1.807) is 13.2 Å². The number of aromatic nitrogens is 1. The summed E-state index contributed by atoms with van der Waals surface area (Å²) in [6.45, 7) is 1.96. The highest BCUT2D eigenvalue weighted by molar-refractivity contribution is 5.68. The Morgan fingerprint density at radius 1 is 1.41 bits per heavy atom. The Morgan fingerprint density at radius 3 is 2.94 bits per heavy atom. The molecule has 0 bridgehead atoms. The lowest BCUT2D eigenvalue weighted by molar-refractivity contribution is 0.406. The Kier molecular flexibility index (Phi) is 3.03. The van der Waals surface area contributed by atoms with Gasteiger partial charge in [0.05, 0.1) is 12.7 Å². The fraction of sp³-hybridized carbons (Fsp3) is 0.167. The first-order chi connectivity index (χ1) is 8.24. The van der Waals surface area contributed by atoms with E-state index in [0.29, 0.717) is 11.5 Å². The van der Waals surface area contributed by atoms with E-state index in [0.717, 1.165) is 11.1 Å². The third-order valence-electron chi connectivity index (χ3n) is 2.28. The van der Waals surface area contributed by atoms with Crippen LogP contribution in [0.3, 0.4) is 0 Å². The van der Waals surface area contributed by atoms with Crippen LogP contribution in [0.4, 0.5) is 5.82 Å². The molecule has 0 saturated heterocycles. The van der Waals surface area contributed by atoms with Gasteiger partial charge in [-0.05, 0) is 19.1 Å². The maximum absolute atomic E-state index is 10.1. The largest absolute Gasteiger partial charge is 0.496 e. The summed E-state index contributed by atoms with van der Waals surface area (Å²) in [6.07, 6.45) is 1.41. The maximum atomic E-state index is 10.1. The molecule has 0 spiro atoms. The van der Waals surface area contributed by atoms with Gasteiger partial charge in [0.25, 0.3) is 0 Å². The molecule has 0 radical (unpaired) electrons. The summed E-state index contributed by atoms with van der Waals surface area (Å²) in [5.74, 6) is 1.37. The van der Waals surface area contributed by atoms with Crippen molar-refractivity contribution in [3.63, 3.8) is 0 Å². The van der Waals surface area contributed by atoms with Crippen molar-refractivity contribution in [2.24, 2.45) is 4.99 Å². The van der Waals surface area contributed by atoms with E-state index < -0.39 is 0 Å². The van der Waals surface area contributed by atoms with Crippen molar-refractivity contribution in [3.05, 3.63) is 29.8 Å². The van der Waals surface area contributed by atoms with E-state index in [4.69, 9.17) is 9.26 Å². The van der Waals surface area contributed by atoms with E-state index in [2.05, 4.69) is 10.1 Å². The van der Waals surface area contributed by atoms with Gasteiger partial charge in [-0.25, -0.2) is 4.79 Å². The van der Waals surface area contributed by atoms with Gasteiger partial charge >= 0.3 is 0 Å². The van der Waals surface area contributed by atoms with E-state index in [-0.39, 0.29) is 5.82 Å². The lowest BCUT2D eigenvalue weighted by Gasteiger charge is -2.05. The molecule has 5 nitrogen and oxygen atoms in total. The Bertz CT molecular complexity index is 583. The molecular weight excluding hydrogens is 220 g/mol. The van der Waals surface area contributed by atoms with Gasteiger partial charge in [-0.2, -0.15) is 0 Å². The summed E-state index contributed by atoms with van der Waals surface area (Å²) in [4.78, 5) is 13.5. The Morgan fingerprint density at radius 2 is 2.24 bits per heavy atom. The number of aliphatic imine (C=N–C) groups is 1. The molecule has 2 aromatic rings. The third-order valence-corrected chi connectivity index (χ3v) is 2.28. The van der Waals surface area contributed by atoms with Gasteiger partial charge in [0, 0.05) is 6.07 Å². The van der Waals surface area contributed by atoms with E-state index in [9.17, 15) is 4.79 Å². The fourth-order valence-electron chi connectivity index (χ4n) is 1.51. The lowest BCUT2D eigenvalue weighted by atomic mass is 10.1. The number of hydrogen-bond donors (Lipinski definition) is 0. The predicted octanol–water partition coefficient (Wildman–Crippen LogP) is 2.63. The molecule has 1 heterocycles. The van der Waals surface area contributed by atoms with Gasteiger partial charge in [-0.1, -0.05) is 16.8 Å². The molecule has 17 heavy (non-hydrogen) atoms. The van der Waals surface area contributed by atoms with Crippen LogP contribution in [0.5, 0.6) is 5.75 Å². The number of nitrogens with zero attached hydrogens (tertiary/aromatic N) is 2. The summed E-state index contributed by atoms with van der Waals surface area (Å²) in [6, 6.07) is 7.25. The molecular formula is C12H10N2O3. The molecule has 0 N–H and O–H groups in total. The average Bonchev–Trinajstić information content (AvgIpc) is 2.78. The standard InChI is InChI=1S/C12H10N2O3/c1-8-3-4-10(16-2)9(5-8)11-6-12(13-7-15)14-17-11/h3-6H,1-2H3. The van der Waals surface area contributed by atoms with Crippen molar-refractivity contribution in [1.82, 2.24) is 5.16 Å². The smallest absolute Gasteiger partial charge is 0.242 e. The van der Waals surface area contributed by atoms with E-state index in [1.165, 1.54) is 6.08 Å². The second-order valence-corrected chi connectivity index (χ2v) is 3.46. The van der Waals surface area contributed by atoms with Gasteiger partial charge < -0.3 is 9.26 Å². The van der Waals surface area contributed by atoms with Crippen molar-refractivity contribution in [3.8, 4) is 17.1 Å². The number of hydrogen-bond acceptors (Lipinski definition) is 5. The predicted molar refractivity (Wildman–Crippen MR) is 61.0 cm³/mol. The average molecular weight is 230 g/mol. The number of isocyanates is 1. The van der Waals surface area contributed by atoms with Crippen LogP contribution in [0.1, 0.15) is 5.56 Å². The van der Waals surface area contributed by atoms with Crippen LogP contribution in [-0.4, -0.2) is 18.3 Å². The molecule has 0 saturated carbocycles. The van der Waals surface area contributed by atoms with E-state index >= 15 is 0 Å². The summed E-state index contributed by atoms with van der Waals surface area (Å²) in [5.41, 5.74) is 1.84. The first kappa shape index (κ1) is 11.1. The molecule has 0 fully saturated rings. The van der Waals surface area contributed by atoms with Crippen LogP contribution < -0.4 is 4.74 Å². The minimum absolute atomic E-state index is 0.193. The van der Waals surface area contributed by atoms with Crippen LogP contribution in [0.25, 0.3) is 11.3 Å². The Hall–Kier alpha value is -2.39. The molecule has 1 aromatic heterocycles. The van der Waals surface area contributed by atoms with Gasteiger partial charge in [0.15, 0.2) is 5.76 Å². The number of methoxy groups -OCH3 is 1. The quantitative estimate of drug-likeness (QED) is 0.600. The van der Waals surface area contributed by atoms with Crippen molar-refractivity contribution in [2.45, 2.75) is 6.92 Å². The zero-order valence-corrected chi connectivity index (χ0v) is 9.43. The zero-order valence-electron chi connectivity index (χ0n) is 9.43. The Balaban J connectivity index is 2.50. The fourth-order valence-corrected chi connectivity index (χ4v) is 1.51. The summed E-state index contributed by atoms with van der Waals surface area (Å²) in [7, 11) is 1.58. The molecule has 0 unspecified atom stereocenters. The second-order valence-electron chi connectivity index (χ2n) is 3.46. The molecule has 86 valence electrons. The van der Waals surface area contributed by atoms with Gasteiger partial charge in [-0.15, -0.1) is 4.99 Å². The van der Waals surface area contributed by atoms with E-state index in [1.807, 2.05) is 25.1 Å². The van der Waals surface area contributed by atoms with Crippen molar-refractivity contribution in [1.29, 1.82) is 0 Å². The summed E-state index contributed by atoms with van der Waals surface area (Å²) >= 11 is 0. The number of benzene rings is 1. The molecule has 5 heteroatoms. The molecule has 0 aliphatic rings.